The second-order valence-corrected chi connectivity index (χ2v) is 3.79. The van der Waals surface area contributed by atoms with Crippen molar-refractivity contribution in [1.82, 2.24) is 19.3 Å². The monoisotopic (exact) mass is 416 g/mol. The molecular formula is C13H11IrN4-. The quantitative estimate of drug-likeness (QED) is 0.601. The van der Waals surface area contributed by atoms with E-state index in [1.54, 1.807) is 10.9 Å². The first-order chi connectivity index (χ1) is 8.34. The summed E-state index contributed by atoms with van der Waals surface area (Å²) >= 11 is 0. The van der Waals surface area contributed by atoms with Crippen molar-refractivity contribution < 1.29 is 20.1 Å². The van der Waals surface area contributed by atoms with Gasteiger partial charge >= 0.3 is 0 Å². The van der Waals surface area contributed by atoms with Crippen molar-refractivity contribution >= 4 is 0 Å². The van der Waals surface area contributed by atoms with Crippen LogP contribution in [-0.4, -0.2) is 19.3 Å². The number of aryl methyl sites for hydroxylation is 1. The van der Waals surface area contributed by atoms with Crippen LogP contribution >= 0.6 is 0 Å². The Morgan fingerprint density at radius 3 is 2.56 bits per heavy atom. The van der Waals surface area contributed by atoms with Crippen LogP contribution in [0.1, 0.15) is 0 Å². The predicted molar refractivity (Wildman–Crippen MR) is 64.6 cm³/mol. The minimum atomic E-state index is 0. The molecule has 0 spiro atoms. The average molecular weight is 415 g/mol. The van der Waals surface area contributed by atoms with Crippen LogP contribution in [0.15, 0.2) is 48.8 Å². The summed E-state index contributed by atoms with van der Waals surface area (Å²) in [4.78, 5) is 4.07. The molecule has 0 aliphatic rings. The maximum absolute atomic E-state index is 4.35. The van der Waals surface area contributed by atoms with Gasteiger partial charge in [-0.1, -0.05) is 47.8 Å². The van der Waals surface area contributed by atoms with E-state index >= 15 is 0 Å². The van der Waals surface area contributed by atoms with Crippen molar-refractivity contribution in [2.75, 3.05) is 0 Å². The summed E-state index contributed by atoms with van der Waals surface area (Å²) in [6, 6.07) is 12.0. The molecule has 2 aromatic heterocycles. The van der Waals surface area contributed by atoms with Crippen LogP contribution in [0, 0.1) is 6.33 Å². The van der Waals surface area contributed by atoms with Crippen molar-refractivity contribution in [3.8, 4) is 17.1 Å². The molecule has 93 valence electrons. The fraction of sp³-hybridized carbons (Fsp3) is 0.0769. The van der Waals surface area contributed by atoms with Gasteiger partial charge in [-0.05, 0) is 6.07 Å². The molecule has 4 nitrogen and oxygen atoms in total. The molecule has 18 heavy (non-hydrogen) atoms. The third-order valence-electron chi connectivity index (χ3n) is 2.58. The Labute approximate surface area is 119 Å². The van der Waals surface area contributed by atoms with Gasteiger partial charge in [-0.2, -0.15) is 0 Å². The first-order valence-corrected chi connectivity index (χ1v) is 5.35. The van der Waals surface area contributed by atoms with Gasteiger partial charge in [0.25, 0.3) is 0 Å². The Hall–Kier alpha value is -1.71. The van der Waals surface area contributed by atoms with Crippen molar-refractivity contribution in [3.63, 3.8) is 0 Å². The molecule has 3 aromatic rings. The standard InChI is InChI=1S/C13H11N4.Ir/c1-16-8-7-13(15-16)17-10-14-9-12(17)11-5-3-2-4-6-11;/h2-9H,1H3;/q-1;. The Bertz CT molecular complexity index is 627. The van der Waals surface area contributed by atoms with Crippen LogP contribution in [0.3, 0.4) is 0 Å². The Morgan fingerprint density at radius 1 is 1.11 bits per heavy atom. The molecule has 0 fully saturated rings. The van der Waals surface area contributed by atoms with Gasteiger partial charge in [-0.3, -0.25) is 4.68 Å². The first-order valence-electron chi connectivity index (χ1n) is 5.35. The first kappa shape index (κ1) is 12.7. The summed E-state index contributed by atoms with van der Waals surface area (Å²) in [5.41, 5.74) is 2.09. The number of hydrogen-bond donors (Lipinski definition) is 0. The van der Waals surface area contributed by atoms with Crippen LogP contribution in [0.4, 0.5) is 0 Å². The second-order valence-electron chi connectivity index (χ2n) is 3.79. The SMILES string of the molecule is Cn1ccc(-n2[c-]ncc2-c2ccccc2)n1.[Ir]. The number of imidazole rings is 1. The fourth-order valence-electron chi connectivity index (χ4n) is 1.77. The van der Waals surface area contributed by atoms with Gasteiger partial charge in [0.05, 0.1) is 5.82 Å². The van der Waals surface area contributed by atoms with Gasteiger partial charge < -0.3 is 9.55 Å². The predicted octanol–water partition coefficient (Wildman–Crippen LogP) is 2.07. The van der Waals surface area contributed by atoms with Gasteiger partial charge in [-0.15, -0.1) is 0 Å². The normalized spacial score (nSPS) is 10.1. The van der Waals surface area contributed by atoms with E-state index in [9.17, 15) is 0 Å². The maximum Gasteiger partial charge on any atom is 0.0773 e. The topological polar surface area (TPSA) is 35.6 Å². The van der Waals surface area contributed by atoms with E-state index < -0.39 is 0 Å². The molecule has 0 bridgehead atoms. The Morgan fingerprint density at radius 2 is 1.89 bits per heavy atom. The molecule has 0 amide bonds. The molecule has 5 heteroatoms. The van der Waals surface area contributed by atoms with Crippen LogP contribution in [0.5, 0.6) is 0 Å². The van der Waals surface area contributed by atoms with E-state index in [0.29, 0.717) is 0 Å². The number of rotatable bonds is 2. The van der Waals surface area contributed by atoms with E-state index in [1.165, 1.54) is 0 Å². The van der Waals surface area contributed by atoms with Crippen molar-refractivity contribution in [2.24, 2.45) is 7.05 Å². The number of benzene rings is 1. The molecule has 1 aromatic carbocycles. The third kappa shape index (κ3) is 2.28. The molecule has 2 heterocycles. The van der Waals surface area contributed by atoms with Crippen molar-refractivity contribution in [2.45, 2.75) is 0 Å². The van der Waals surface area contributed by atoms with Gasteiger partial charge in [0.1, 0.15) is 0 Å². The average Bonchev–Trinajstić information content (AvgIpc) is 2.98. The Balaban J connectivity index is 0.00000120. The molecule has 0 unspecified atom stereocenters. The van der Waals surface area contributed by atoms with E-state index in [4.69, 9.17) is 0 Å². The summed E-state index contributed by atoms with van der Waals surface area (Å²) in [6.07, 6.45) is 6.62. The Kier molecular flexibility index (Phi) is 3.74. The van der Waals surface area contributed by atoms with E-state index in [2.05, 4.69) is 16.4 Å². The molecule has 0 aliphatic heterocycles. The zero-order valence-electron chi connectivity index (χ0n) is 9.74. The number of aromatic nitrogens is 4. The van der Waals surface area contributed by atoms with Crippen molar-refractivity contribution in [1.29, 1.82) is 0 Å². The molecule has 0 atom stereocenters. The maximum atomic E-state index is 4.35. The summed E-state index contributed by atoms with van der Waals surface area (Å²) in [5, 5.41) is 4.35. The summed E-state index contributed by atoms with van der Waals surface area (Å²) in [7, 11) is 1.89. The van der Waals surface area contributed by atoms with E-state index in [1.807, 2.05) is 54.2 Å². The molecule has 0 aliphatic carbocycles. The van der Waals surface area contributed by atoms with Crippen LogP contribution in [0.25, 0.3) is 17.1 Å². The number of nitrogens with zero attached hydrogens (tertiary/aromatic N) is 4. The third-order valence-corrected chi connectivity index (χ3v) is 2.58. The molecule has 1 radical (unpaired) electrons. The zero-order chi connectivity index (χ0) is 11.7. The fourth-order valence-corrected chi connectivity index (χ4v) is 1.77. The van der Waals surface area contributed by atoms with Gasteiger partial charge in [-0.25, -0.2) is 5.10 Å². The zero-order valence-corrected chi connectivity index (χ0v) is 12.1. The van der Waals surface area contributed by atoms with E-state index in [0.717, 1.165) is 17.1 Å². The molecule has 0 N–H and O–H groups in total. The largest absolute Gasteiger partial charge is 0.410 e. The second kappa shape index (κ2) is 5.29. The summed E-state index contributed by atoms with van der Waals surface area (Å²) in [6.45, 7) is 0. The van der Waals surface area contributed by atoms with Gasteiger partial charge in [0.2, 0.25) is 0 Å². The van der Waals surface area contributed by atoms with Gasteiger partial charge in [0.15, 0.2) is 0 Å². The van der Waals surface area contributed by atoms with Gasteiger partial charge in [0, 0.05) is 39.7 Å². The number of hydrogen-bond acceptors (Lipinski definition) is 2. The molecule has 3 rings (SSSR count). The van der Waals surface area contributed by atoms with Crippen molar-refractivity contribution in [3.05, 3.63) is 55.1 Å². The van der Waals surface area contributed by atoms with Crippen LogP contribution in [0.2, 0.25) is 0 Å². The van der Waals surface area contributed by atoms with Crippen LogP contribution < -0.4 is 0 Å². The smallest absolute Gasteiger partial charge is 0.0773 e. The van der Waals surface area contributed by atoms with Crippen LogP contribution in [-0.2, 0) is 27.2 Å². The van der Waals surface area contributed by atoms with E-state index in [-0.39, 0.29) is 20.1 Å². The molecular weight excluding hydrogens is 404 g/mol. The molecule has 0 saturated carbocycles. The summed E-state index contributed by atoms with van der Waals surface area (Å²) in [5.74, 6) is 0.823. The minimum absolute atomic E-state index is 0. The summed E-state index contributed by atoms with van der Waals surface area (Å²) < 4.78 is 3.62. The molecule has 0 saturated heterocycles. The minimum Gasteiger partial charge on any atom is -0.410 e.